The molecule has 1 aliphatic rings. The average molecular weight is 249 g/mol. The molecule has 0 atom stereocenters. The minimum atomic E-state index is -0.303. The summed E-state index contributed by atoms with van der Waals surface area (Å²) in [5.74, 6) is -0.303. The van der Waals surface area contributed by atoms with E-state index in [1.54, 1.807) is 12.1 Å². The van der Waals surface area contributed by atoms with E-state index in [1.165, 1.54) is 12.7 Å². The molecule has 18 heavy (non-hydrogen) atoms. The highest BCUT2D eigenvalue weighted by Crippen LogP contribution is 2.14. The van der Waals surface area contributed by atoms with Gasteiger partial charge in [0.05, 0.1) is 18.8 Å². The minimum absolute atomic E-state index is 0.136. The first-order valence-electron chi connectivity index (χ1n) is 6.26. The molecule has 0 spiro atoms. The Kier molecular flexibility index (Phi) is 4.33. The van der Waals surface area contributed by atoms with E-state index in [4.69, 9.17) is 0 Å². The van der Waals surface area contributed by atoms with Crippen molar-refractivity contribution in [3.63, 3.8) is 0 Å². The zero-order valence-electron chi connectivity index (χ0n) is 10.6. The van der Waals surface area contributed by atoms with Crippen molar-refractivity contribution in [1.29, 1.82) is 0 Å². The van der Waals surface area contributed by atoms with Gasteiger partial charge < -0.3 is 9.84 Å². The summed E-state index contributed by atoms with van der Waals surface area (Å²) in [7, 11) is 1.38. The smallest absolute Gasteiger partial charge is 0.337 e. The number of carbonyl (C=O) groups excluding carboxylic acids is 1. The van der Waals surface area contributed by atoms with Crippen molar-refractivity contribution in [3.05, 3.63) is 35.4 Å². The number of rotatable bonds is 3. The van der Waals surface area contributed by atoms with E-state index in [0.717, 1.165) is 32.5 Å². The van der Waals surface area contributed by atoms with Gasteiger partial charge in [0.1, 0.15) is 0 Å². The number of aliphatic hydroxyl groups excluding tert-OH is 1. The number of carbonyl (C=O) groups is 1. The summed E-state index contributed by atoms with van der Waals surface area (Å²) in [6, 6.07) is 7.49. The van der Waals surface area contributed by atoms with Gasteiger partial charge in [0.15, 0.2) is 0 Å². The maximum Gasteiger partial charge on any atom is 0.337 e. The van der Waals surface area contributed by atoms with Crippen LogP contribution in [0.5, 0.6) is 0 Å². The third kappa shape index (κ3) is 3.31. The maximum absolute atomic E-state index is 11.3. The van der Waals surface area contributed by atoms with Gasteiger partial charge in [0.2, 0.25) is 0 Å². The van der Waals surface area contributed by atoms with Gasteiger partial charge in [-0.15, -0.1) is 0 Å². The van der Waals surface area contributed by atoms with Gasteiger partial charge in [-0.05, 0) is 30.5 Å². The van der Waals surface area contributed by atoms with Crippen molar-refractivity contribution in [2.24, 2.45) is 0 Å². The zero-order chi connectivity index (χ0) is 13.0. The second-order valence-electron chi connectivity index (χ2n) is 4.70. The highest BCUT2D eigenvalue weighted by atomic mass is 16.5. The van der Waals surface area contributed by atoms with Crippen LogP contribution in [0, 0.1) is 0 Å². The molecule has 1 saturated heterocycles. The fraction of sp³-hybridized carbons (Fsp3) is 0.500. The second kappa shape index (κ2) is 5.98. The molecule has 4 heteroatoms. The Morgan fingerprint density at radius 1 is 1.33 bits per heavy atom. The first-order valence-corrected chi connectivity index (χ1v) is 6.26. The largest absolute Gasteiger partial charge is 0.465 e. The molecular weight excluding hydrogens is 230 g/mol. The van der Waals surface area contributed by atoms with E-state index < -0.39 is 0 Å². The van der Waals surface area contributed by atoms with Crippen LogP contribution in [0.3, 0.4) is 0 Å². The first-order chi connectivity index (χ1) is 8.69. The predicted octanol–water partition coefficient (Wildman–Crippen LogP) is 1.43. The van der Waals surface area contributed by atoms with Crippen molar-refractivity contribution in [2.45, 2.75) is 25.5 Å². The van der Waals surface area contributed by atoms with E-state index in [0.29, 0.717) is 5.56 Å². The number of esters is 1. The number of likely N-dealkylation sites (tertiary alicyclic amines) is 1. The summed E-state index contributed by atoms with van der Waals surface area (Å²) in [6.45, 7) is 2.73. The molecule has 1 aromatic rings. The summed E-state index contributed by atoms with van der Waals surface area (Å²) in [4.78, 5) is 13.6. The van der Waals surface area contributed by atoms with Crippen LogP contribution in [0.15, 0.2) is 24.3 Å². The molecule has 0 saturated carbocycles. The monoisotopic (exact) mass is 249 g/mol. The Morgan fingerprint density at radius 3 is 2.50 bits per heavy atom. The Morgan fingerprint density at radius 2 is 1.94 bits per heavy atom. The van der Waals surface area contributed by atoms with Crippen molar-refractivity contribution >= 4 is 5.97 Å². The third-order valence-electron chi connectivity index (χ3n) is 3.34. The fourth-order valence-corrected chi connectivity index (χ4v) is 2.20. The van der Waals surface area contributed by atoms with Crippen molar-refractivity contribution in [2.75, 3.05) is 20.2 Å². The molecule has 2 rings (SSSR count). The Bertz CT molecular complexity index is 394. The van der Waals surface area contributed by atoms with Gasteiger partial charge in [-0.1, -0.05) is 12.1 Å². The molecule has 0 unspecified atom stereocenters. The van der Waals surface area contributed by atoms with Gasteiger partial charge in [-0.2, -0.15) is 0 Å². The van der Waals surface area contributed by atoms with E-state index in [2.05, 4.69) is 9.64 Å². The second-order valence-corrected chi connectivity index (χ2v) is 4.70. The van der Waals surface area contributed by atoms with E-state index in [1.807, 2.05) is 12.1 Å². The molecular formula is C14H19NO3. The number of methoxy groups -OCH3 is 1. The predicted molar refractivity (Wildman–Crippen MR) is 68.3 cm³/mol. The van der Waals surface area contributed by atoms with Crippen LogP contribution < -0.4 is 0 Å². The van der Waals surface area contributed by atoms with Crippen LogP contribution in [0.1, 0.15) is 28.8 Å². The van der Waals surface area contributed by atoms with Gasteiger partial charge >= 0.3 is 5.97 Å². The van der Waals surface area contributed by atoms with Gasteiger partial charge in [0, 0.05) is 19.6 Å². The summed E-state index contributed by atoms with van der Waals surface area (Å²) >= 11 is 0. The van der Waals surface area contributed by atoms with Crippen LogP contribution in [-0.2, 0) is 11.3 Å². The number of hydrogen-bond acceptors (Lipinski definition) is 4. The van der Waals surface area contributed by atoms with Crippen LogP contribution in [0.4, 0.5) is 0 Å². The molecule has 1 aliphatic heterocycles. The SMILES string of the molecule is COC(=O)c1ccc(CN2CCC(O)CC2)cc1. The Labute approximate surface area is 107 Å². The summed E-state index contributed by atoms with van der Waals surface area (Å²) in [5, 5.41) is 9.44. The summed E-state index contributed by atoms with van der Waals surface area (Å²) in [5.41, 5.74) is 1.76. The van der Waals surface area contributed by atoms with Crippen LogP contribution in [0.25, 0.3) is 0 Å². The molecule has 1 aromatic carbocycles. The quantitative estimate of drug-likeness (QED) is 0.823. The highest BCUT2D eigenvalue weighted by Gasteiger charge is 2.16. The Hall–Kier alpha value is -1.39. The minimum Gasteiger partial charge on any atom is -0.465 e. The maximum atomic E-state index is 11.3. The Balaban J connectivity index is 1.92. The molecule has 0 aliphatic carbocycles. The first kappa shape index (κ1) is 13.1. The number of hydrogen-bond donors (Lipinski definition) is 1. The molecule has 98 valence electrons. The van der Waals surface area contributed by atoms with Crippen molar-refractivity contribution < 1.29 is 14.6 Å². The number of piperidine rings is 1. The van der Waals surface area contributed by atoms with Crippen LogP contribution >= 0.6 is 0 Å². The van der Waals surface area contributed by atoms with E-state index in [-0.39, 0.29) is 12.1 Å². The average Bonchev–Trinajstić information content (AvgIpc) is 2.41. The lowest BCUT2D eigenvalue weighted by Crippen LogP contribution is -2.35. The number of aliphatic hydroxyl groups is 1. The standard InChI is InChI=1S/C14H19NO3/c1-18-14(17)12-4-2-11(3-5-12)10-15-8-6-13(16)7-9-15/h2-5,13,16H,6-10H2,1H3. The zero-order valence-corrected chi connectivity index (χ0v) is 10.6. The molecule has 0 amide bonds. The molecule has 4 nitrogen and oxygen atoms in total. The fourth-order valence-electron chi connectivity index (χ4n) is 2.20. The summed E-state index contributed by atoms with van der Waals surface area (Å²) in [6.07, 6.45) is 1.56. The third-order valence-corrected chi connectivity index (χ3v) is 3.34. The van der Waals surface area contributed by atoms with E-state index in [9.17, 15) is 9.90 Å². The van der Waals surface area contributed by atoms with Crippen LogP contribution in [-0.4, -0.2) is 42.3 Å². The van der Waals surface area contributed by atoms with Crippen molar-refractivity contribution in [1.82, 2.24) is 4.90 Å². The summed E-state index contributed by atoms with van der Waals surface area (Å²) < 4.78 is 4.66. The van der Waals surface area contributed by atoms with Gasteiger partial charge in [-0.25, -0.2) is 4.79 Å². The molecule has 0 bridgehead atoms. The number of nitrogens with zero attached hydrogens (tertiary/aromatic N) is 1. The number of benzene rings is 1. The van der Waals surface area contributed by atoms with Crippen LogP contribution in [0.2, 0.25) is 0 Å². The molecule has 1 heterocycles. The van der Waals surface area contributed by atoms with E-state index >= 15 is 0 Å². The molecule has 0 radical (unpaired) electrons. The molecule has 1 N–H and O–H groups in total. The molecule has 1 fully saturated rings. The lowest BCUT2D eigenvalue weighted by atomic mass is 10.1. The van der Waals surface area contributed by atoms with Gasteiger partial charge in [0.25, 0.3) is 0 Å². The van der Waals surface area contributed by atoms with Gasteiger partial charge in [-0.3, -0.25) is 4.90 Å². The normalized spacial score (nSPS) is 17.7. The lowest BCUT2D eigenvalue weighted by Gasteiger charge is -2.29. The lowest BCUT2D eigenvalue weighted by molar-refractivity contribution is 0.0600. The topological polar surface area (TPSA) is 49.8 Å². The van der Waals surface area contributed by atoms with Crippen molar-refractivity contribution in [3.8, 4) is 0 Å². The number of ether oxygens (including phenoxy) is 1. The highest BCUT2D eigenvalue weighted by molar-refractivity contribution is 5.89. The molecule has 0 aromatic heterocycles.